The van der Waals surface area contributed by atoms with Crippen molar-refractivity contribution in [1.29, 1.82) is 0 Å². The maximum absolute atomic E-state index is 14.4. The number of amides is 2. The van der Waals surface area contributed by atoms with Gasteiger partial charge in [0.05, 0.1) is 60.3 Å². The van der Waals surface area contributed by atoms with E-state index in [9.17, 15) is 50.7 Å². The van der Waals surface area contributed by atoms with Gasteiger partial charge in [-0.25, -0.2) is 9.97 Å². The van der Waals surface area contributed by atoms with Crippen LogP contribution in [0.3, 0.4) is 0 Å². The van der Waals surface area contributed by atoms with Crippen LogP contribution in [0.4, 0.5) is 72.6 Å². The first-order valence-electron chi connectivity index (χ1n) is 26.4. The van der Waals surface area contributed by atoms with Crippen LogP contribution < -0.4 is 30.7 Å². The zero-order valence-corrected chi connectivity index (χ0v) is 45.8. The van der Waals surface area contributed by atoms with E-state index in [1.807, 2.05) is 12.1 Å². The molecule has 2 aliphatic heterocycles. The topological polar surface area (TPSA) is 235 Å². The normalized spacial score (nSPS) is 19.2. The lowest BCUT2D eigenvalue weighted by molar-refractivity contribution is -0.138. The summed E-state index contributed by atoms with van der Waals surface area (Å²) in [7, 11) is 3.26. The number of halogens is 6. The van der Waals surface area contributed by atoms with E-state index in [0.29, 0.717) is 49.2 Å². The molecule has 0 saturated heterocycles. The molecule has 4 aliphatic rings. The van der Waals surface area contributed by atoms with Crippen LogP contribution >= 0.6 is 8.25 Å². The number of aliphatic hydroxyl groups is 2. The Morgan fingerprint density at radius 1 is 0.573 bits per heavy atom. The van der Waals surface area contributed by atoms with Crippen molar-refractivity contribution >= 4 is 66.4 Å². The smallest absolute Gasteiger partial charge is 0.495 e. The number of methoxy groups -OCH3 is 2. The number of aromatic nitrogens is 4. The molecule has 19 nitrogen and oxygen atoms in total. The quantitative estimate of drug-likeness (QED) is 0.0347. The molecular formula is C56H58F6N10O9P+. The predicted molar refractivity (Wildman–Crippen MR) is 289 cm³/mol. The molecule has 4 heterocycles. The Balaban J connectivity index is 0.777. The van der Waals surface area contributed by atoms with Gasteiger partial charge < -0.3 is 50.8 Å². The van der Waals surface area contributed by atoms with Gasteiger partial charge in [0.25, 0.3) is 11.8 Å². The van der Waals surface area contributed by atoms with Gasteiger partial charge in [-0.05, 0) is 133 Å². The second kappa shape index (κ2) is 23.6. The maximum Gasteiger partial charge on any atom is 0.698 e. The van der Waals surface area contributed by atoms with Gasteiger partial charge >= 0.3 is 20.6 Å². The number of anilines is 8. The molecular weight excluding hydrogens is 1100 g/mol. The van der Waals surface area contributed by atoms with Crippen LogP contribution in [0.15, 0.2) is 73.1 Å². The zero-order valence-electron chi connectivity index (χ0n) is 44.9. The third kappa shape index (κ3) is 12.4. The van der Waals surface area contributed by atoms with E-state index in [-0.39, 0.29) is 119 Å². The lowest BCUT2D eigenvalue weighted by Crippen LogP contribution is -2.18. The molecule has 0 bridgehead atoms. The molecule has 2 amide bonds. The summed E-state index contributed by atoms with van der Waals surface area (Å²) in [5.74, 6) is -1.74. The van der Waals surface area contributed by atoms with Crippen LogP contribution in [0, 0.1) is 0 Å². The van der Waals surface area contributed by atoms with Crippen molar-refractivity contribution in [2.75, 3.05) is 49.6 Å². The van der Waals surface area contributed by atoms with Gasteiger partial charge in [0.1, 0.15) is 47.5 Å². The first-order valence-corrected chi connectivity index (χ1v) is 27.5. The molecule has 2 aromatic heterocycles. The molecule has 0 atom stereocenters. The Morgan fingerprint density at radius 3 is 1.32 bits per heavy atom. The highest BCUT2D eigenvalue weighted by Gasteiger charge is 2.40. The molecule has 26 heteroatoms. The number of nitrogens with zero attached hydrogens (tertiary/aromatic N) is 6. The van der Waals surface area contributed by atoms with Crippen molar-refractivity contribution in [3.8, 4) is 11.5 Å². The van der Waals surface area contributed by atoms with E-state index in [1.54, 1.807) is 50.5 Å². The van der Waals surface area contributed by atoms with Crippen molar-refractivity contribution in [3.63, 3.8) is 0 Å². The zero-order chi connectivity index (χ0) is 58.2. The van der Waals surface area contributed by atoms with Crippen molar-refractivity contribution in [3.05, 3.63) is 129 Å². The first kappa shape index (κ1) is 57.5. The number of carbonyl (C=O) groups is 2. The van der Waals surface area contributed by atoms with E-state index in [4.69, 9.17) is 18.5 Å². The summed E-state index contributed by atoms with van der Waals surface area (Å²) in [6.07, 6.45) is -3.90. The lowest BCUT2D eigenvalue weighted by Gasteiger charge is -2.27. The summed E-state index contributed by atoms with van der Waals surface area (Å²) in [5.41, 5.74) is 3.29. The number of benzene rings is 4. The monoisotopic (exact) mass is 1160 g/mol. The number of aliphatic hydroxyl groups excluding tert-OH is 2. The number of fused-ring (bicyclic) bond motifs is 2. The Kier molecular flexibility index (Phi) is 16.6. The minimum absolute atomic E-state index is 0.0923. The molecule has 2 aliphatic carbocycles. The first-order chi connectivity index (χ1) is 39.1. The summed E-state index contributed by atoms with van der Waals surface area (Å²) in [6.45, 7) is 0.124. The number of alkyl halides is 6. The van der Waals surface area contributed by atoms with Crippen LogP contribution in [-0.2, 0) is 52.3 Å². The van der Waals surface area contributed by atoms with Gasteiger partial charge in [0.2, 0.25) is 11.9 Å². The van der Waals surface area contributed by atoms with Gasteiger partial charge in [-0.1, -0.05) is 24.3 Å². The molecule has 0 radical (unpaired) electrons. The van der Waals surface area contributed by atoms with Gasteiger partial charge in [0, 0.05) is 44.1 Å². The van der Waals surface area contributed by atoms with Crippen molar-refractivity contribution in [2.24, 2.45) is 0 Å². The molecule has 6 N–H and O–H groups in total. The van der Waals surface area contributed by atoms with E-state index in [2.05, 4.69) is 41.2 Å². The molecule has 432 valence electrons. The molecule has 6 aromatic rings. The predicted octanol–water partition coefficient (Wildman–Crippen LogP) is 11.9. The summed E-state index contributed by atoms with van der Waals surface area (Å²) in [6, 6.07) is 16.1. The van der Waals surface area contributed by atoms with Crippen LogP contribution in [-0.4, -0.2) is 92.3 Å². The lowest BCUT2D eigenvalue weighted by atomic mass is 9.80. The highest BCUT2D eigenvalue weighted by atomic mass is 31.1. The number of ether oxygens (including phenoxy) is 2. The summed E-state index contributed by atoms with van der Waals surface area (Å²) in [4.78, 5) is 46.2. The number of nitrogens with one attached hydrogen (secondary N) is 4. The number of rotatable bonds is 18. The Hall–Kier alpha value is -7.70. The van der Waals surface area contributed by atoms with Gasteiger partial charge in [-0.2, -0.15) is 36.3 Å². The second-order valence-electron chi connectivity index (χ2n) is 20.7. The third-order valence-electron chi connectivity index (χ3n) is 15.3. The Labute approximate surface area is 467 Å². The molecule has 2 fully saturated rings. The van der Waals surface area contributed by atoms with E-state index in [1.165, 1.54) is 36.2 Å². The molecule has 0 spiro atoms. The Morgan fingerprint density at radius 2 is 0.951 bits per heavy atom. The minimum Gasteiger partial charge on any atom is -0.495 e. The fourth-order valence-electron chi connectivity index (χ4n) is 11.0. The van der Waals surface area contributed by atoms with Gasteiger partial charge in [-0.3, -0.25) is 9.59 Å². The van der Waals surface area contributed by atoms with Crippen molar-refractivity contribution in [1.82, 2.24) is 29.7 Å². The largest absolute Gasteiger partial charge is 0.698 e. The number of hydrogen-bond acceptors (Lipinski definition) is 17. The highest BCUT2D eigenvalue weighted by Crippen LogP contribution is 2.46. The molecule has 82 heavy (non-hydrogen) atoms. The standard InChI is InChI=1S/C56H57F6N10O9P/c1-71-25-37-35(31-7-11-33(73)12-8-31)15-19-43(47(37)51(71)75)65-49-39(55(57,58)59)23-63-53(69-49)67-41-17-5-29(21-45(41)78-3)27-80-82(77)81-28-30-6-18-42(46(22-30)79-4)68-54-64-24-40(56(60,61)62)50(70-54)66-44-20-16-36(32-9-13-34(74)14-10-32)38-26-72(2)52(76)48(38)44/h5-6,15-24,31-34,73-74H,7-14,25-28H2,1-4H3,(H3-,63,64,65,66,67,68,69,70,75,76)/p+1. The average molecular weight is 1160 g/mol. The van der Waals surface area contributed by atoms with E-state index in [0.717, 1.165) is 47.9 Å². The maximum atomic E-state index is 14.4. The summed E-state index contributed by atoms with van der Waals surface area (Å²) < 4.78 is 122. The van der Waals surface area contributed by atoms with Crippen LogP contribution in [0.2, 0.25) is 0 Å². The van der Waals surface area contributed by atoms with Crippen LogP contribution in [0.5, 0.6) is 11.5 Å². The third-order valence-corrected chi connectivity index (χ3v) is 16.0. The summed E-state index contributed by atoms with van der Waals surface area (Å²) in [5, 5.41) is 31.5. The molecule has 0 unspecified atom stereocenters. The fraction of sp³-hybridized carbons (Fsp3) is 0.393. The Bertz CT molecular complexity index is 3210. The average Bonchev–Trinajstić information content (AvgIpc) is 3.34. The number of carbonyl (C=O) groups excluding carboxylic acids is 2. The van der Waals surface area contributed by atoms with Crippen molar-refractivity contribution < 1.29 is 69.2 Å². The highest BCUT2D eigenvalue weighted by molar-refractivity contribution is 7.33. The van der Waals surface area contributed by atoms with Crippen LogP contribution in [0.1, 0.15) is 128 Å². The van der Waals surface area contributed by atoms with E-state index < -0.39 is 43.4 Å². The minimum atomic E-state index is -4.87. The summed E-state index contributed by atoms with van der Waals surface area (Å²) >= 11 is 0. The van der Waals surface area contributed by atoms with Crippen LogP contribution in [0.25, 0.3) is 0 Å². The molecule has 10 rings (SSSR count). The van der Waals surface area contributed by atoms with E-state index >= 15 is 0 Å². The second-order valence-corrected chi connectivity index (χ2v) is 21.7. The molecule has 4 aromatic carbocycles. The van der Waals surface area contributed by atoms with Crippen molar-refractivity contribution in [2.45, 2.75) is 114 Å². The van der Waals surface area contributed by atoms with Gasteiger partial charge in [-0.15, -0.1) is 9.05 Å². The SMILES string of the molecule is COc1cc(CO[P+](=O)OCc2ccc(Nc3ncc(C(F)(F)F)c(Nc4ccc(C5CCC(O)CC5)c5c4C(=O)N(C)C5)n3)c(OC)c2)ccc1Nc1ncc(C(F)(F)F)c(Nc2ccc(C3CCC(O)CC3)c3c2C(=O)N(C)C3)n1. The molecule has 2 saturated carbocycles. The number of hydrogen-bond donors (Lipinski definition) is 6. The fourth-order valence-corrected chi connectivity index (χ4v) is 11.6. The van der Waals surface area contributed by atoms with Gasteiger partial charge in [0.15, 0.2) is 0 Å².